The van der Waals surface area contributed by atoms with Crippen LogP contribution >= 0.6 is 24.0 Å². The zero-order valence-corrected chi connectivity index (χ0v) is 17.6. The van der Waals surface area contributed by atoms with Gasteiger partial charge in [-0.15, -0.1) is 12.4 Å². The fraction of sp³-hybridized carbons (Fsp3) is 0.381. The van der Waals surface area contributed by atoms with E-state index >= 15 is 0 Å². The largest absolute Gasteiger partial charge is 0.493 e. The minimum atomic E-state index is -0.0740. The van der Waals surface area contributed by atoms with Gasteiger partial charge >= 0.3 is 0 Å². The Morgan fingerprint density at radius 3 is 2.57 bits per heavy atom. The molecule has 2 N–H and O–H groups in total. The maximum atomic E-state index is 13.1. The lowest BCUT2D eigenvalue weighted by atomic mass is 9.89. The number of benzene rings is 2. The van der Waals surface area contributed by atoms with Gasteiger partial charge in [0.05, 0.1) is 18.7 Å². The quantitative estimate of drug-likeness (QED) is 0.761. The highest BCUT2D eigenvalue weighted by Crippen LogP contribution is 2.38. The van der Waals surface area contributed by atoms with Crippen LogP contribution in [0.4, 0.5) is 0 Å². The number of carbonyl (C=O) groups is 1. The minimum Gasteiger partial charge on any atom is -0.493 e. The van der Waals surface area contributed by atoms with E-state index in [1.54, 1.807) is 12.1 Å². The summed E-state index contributed by atoms with van der Waals surface area (Å²) in [6.07, 6.45) is 0. The van der Waals surface area contributed by atoms with Crippen LogP contribution in [0.1, 0.15) is 28.8 Å². The minimum absolute atomic E-state index is 0. The highest BCUT2D eigenvalue weighted by Gasteiger charge is 2.36. The maximum Gasteiger partial charge on any atom is 0.254 e. The van der Waals surface area contributed by atoms with Crippen LogP contribution in [0.15, 0.2) is 42.5 Å². The molecule has 0 bridgehead atoms. The van der Waals surface area contributed by atoms with Gasteiger partial charge < -0.3 is 20.1 Å². The molecule has 0 aromatic heterocycles. The number of halogens is 2. The Morgan fingerprint density at radius 2 is 1.96 bits per heavy atom. The van der Waals surface area contributed by atoms with Crippen molar-refractivity contribution in [1.29, 1.82) is 0 Å². The summed E-state index contributed by atoms with van der Waals surface area (Å²) in [5.74, 6) is 1.32. The molecule has 0 spiro atoms. The monoisotopic (exact) mass is 424 g/mol. The summed E-state index contributed by atoms with van der Waals surface area (Å²) in [5, 5.41) is 0.369. The first-order valence-electron chi connectivity index (χ1n) is 9.13. The van der Waals surface area contributed by atoms with Gasteiger partial charge in [-0.25, -0.2) is 0 Å². The number of amides is 1. The number of likely N-dealkylation sites (tertiary alicyclic amines) is 1. The van der Waals surface area contributed by atoms with Crippen LogP contribution in [0.2, 0.25) is 5.02 Å². The number of nitrogens with two attached hydrogens (primary N) is 1. The fourth-order valence-corrected chi connectivity index (χ4v) is 3.93. The Bertz CT molecular complexity index is 802. The molecule has 1 fully saturated rings. The van der Waals surface area contributed by atoms with Gasteiger partial charge in [-0.2, -0.15) is 0 Å². The van der Waals surface area contributed by atoms with Crippen LogP contribution in [-0.2, 0) is 0 Å². The second-order valence-electron chi connectivity index (χ2n) is 6.65. The van der Waals surface area contributed by atoms with Crippen molar-refractivity contribution in [3.63, 3.8) is 0 Å². The normalized spacial score (nSPS) is 18.5. The number of carbonyl (C=O) groups excluding carboxylic acids is 1. The van der Waals surface area contributed by atoms with Crippen LogP contribution in [0, 0.1) is 5.92 Å². The highest BCUT2D eigenvalue weighted by atomic mass is 35.5. The van der Waals surface area contributed by atoms with Gasteiger partial charge in [0.1, 0.15) is 0 Å². The van der Waals surface area contributed by atoms with E-state index in [2.05, 4.69) is 12.1 Å². The van der Waals surface area contributed by atoms with Crippen LogP contribution in [0.5, 0.6) is 11.5 Å². The zero-order valence-electron chi connectivity index (χ0n) is 16.1. The summed E-state index contributed by atoms with van der Waals surface area (Å²) in [7, 11) is 1.54. The van der Waals surface area contributed by atoms with E-state index in [0.717, 1.165) is 0 Å². The third kappa shape index (κ3) is 4.54. The molecular weight excluding hydrogens is 399 g/mol. The van der Waals surface area contributed by atoms with E-state index in [4.69, 9.17) is 26.8 Å². The van der Waals surface area contributed by atoms with Crippen molar-refractivity contribution in [3.05, 3.63) is 58.6 Å². The number of hydrogen-bond donors (Lipinski definition) is 1. The van der Waals surface area contributed by atoms with E-state index in [9.17, 15) is 4.79 Å². The molecule has 0 unspecified atom stereocenters. The topological polar surface area (TPSA) is 64.8 Å². The number of hydrogen-bond acceptors (Lipinski definition) is 4. The molecule has 0 radical (unpaired) electrons. The van der Waals surface area contributed by atoms with Gasteiger partial charge in [-0.1, -0.05) is 41.9 Å². The lowest BCUT2D eigenvalue weighted by Crippen LogP contribution is -2.29. The van der Waals surface area contributed by atoms with Gasteiger partial charge in [0.25, 0.3) is 5.91 Å². The molecular formula is C21H26Cl2N2O3. The fourth-order valence-electron chi connectivity index (χ4n) is 3.66. The first-order chi connectivity index (χ1) is 13.1. The van der Waals surface area contributed by atoms with Gasteiger partial charge in [0.2, 0.25) is 0 Å². The van der Waals surface area contributed by atoms with Crippen molar-refractivity contribution >= 4 is 29.9 Å². The van der Waals surface area contributed by atoms with Crippen molar-refractivity contribution in [3.8, 4) is 11.5 Å². The first-order valence-corrected chi connectivity index (χ1v) is 9.51. The second-order valence-corrected chi connectivity index (χ2v) is 7.05. The standard InChI is InChI=1S/C21H25ClN2O3.ClH/c1-3-27-20-18(22)9-15(10-19(20)26-2)21(25)24-12-16(11-23)17(13-24)14-7-5-4-6-8-14;/h4-10,16-17H,3,11-13,23H2,1-2H3;1H/t16-,17+;/m1./s1. The van der Waals surface area contributed by atoms with E-state index in [0.29, 0.717) is 48.3 Å². The number of nitrogens with zero attached hydrogens (tertiary/aromatic N) is 1. The van der Waals surface area contributed by atoms with E-state index in [1.807, 2.05) is 30.0 Å². The Balaban J connectivity index is 0.00000280. The molecule has 2 aromatic rings. The molecule has 1 saturated heterocycles. The third-order valence-electron chi connectivity index (χ3n) is 5.02. The van der Waals surface area contributed by atoms with Crippen molar-refractivity contribution in [2.45, 2.75) is 12.8 Å². The van der Waals surface area contributed by atoms with Crippen LogP contribution in [0.25, 0.3) is 0 Å². The number of methoxy groups -OCH3 is 1. The van der Waals surface area contributed by atoms with Crippen molar-refractivity contribution in [2.24, 2.45) is 11.7 Å². The molecule has 3 rings (SSSR count). The molecule has 2 atom stereocenters. The summed E-state index contributed by atoms with van der Waals surface area (Å²) < 4.78 is 10.9. The Morgan fingerprint density at radius 1 is 1.25 bits per heavy atom. The summed E-state index contributed by atoms with van der Waals surface area (Å²) in [5.41, 5.74) is 7.69. The van der Waals surface area contributed by atoms with Crippen molar-refractivity contribution in [2.75, 3.05) is 33.4 Å². The predicted octanol–water partition coefficient (Wildman–Crippen LogP) is 3.98. The summed E-state index contributed by atoms with van der Waals surface area (Å²) >= 11 is 6.33. The lowest BCUT2D eigenvalue weighted by molar-refractivity contribution is 0.0786. The average Bonchev–Trinajstić information content (AvgIpc) is 3.14. The Labute approximate surface area is 177 Å². The van der Waals surface area contributed by atoms with E-state index < -0.39 is 0 Å². The molecule has 1 amide bonds. The molecule has 0 saturated carbocycles. The predicted molar refractivity (Wildman–Crippen MR) is 114 cm³/mol. The molecule has 7 heteroatoms. The average molecular weight is 425 g/mol. The molecule has 5 nitrogen and oxygen atoms in total. The van der Waals surface area contributed by atoms with Gasteiger partial charge in [0, 0.05) is 24.6 Å². The highest BCUT2D eigenvalue weighted by molar-refractivity contribution is 6.32. The molecule has 1 aliphatic heterocycles. The van der Waals surface area contributed by atoms with Gasteiger partial charge in [0.15, 0.2) is 11.5 Å². The summed E-state index contributed by atoms with van der Waals surface area (Å²) in [6, 6.07) is 13.6. The summed E-state index contributed by atoms with van der Waals surface area (Å²) in [6.45, 7) is 4.14. The Hall–Kier alpha value is -1.95. The smallest absolute Gasteiger partial charge is 0.254 e. The van der Waals surface area contributed by atoms with Crippen LogP contribution in [0.3, 0.4) is 0 Å². The lowest BCUT2D eigenvalue weighted by Gasteiger charge is -2.18. The van der Waals surface area contributed by atoms with Gasteiger partial charge in [-0.3, -0.25) is 4.79 Å². The second kappa shape index (κ2) is 10.0. The molecule has 1 aliphatic rings. The molecule has 2 aromatic carbocycles. The number of ether oxygens (including phenoxy) is 2. The Kier molecular flexibility index (Phi) is 7.98. The summed E-state index contributed by atoms with van der Waals surface area (Å²) in [4.78, 5) is 15.0. The maximum absolute atomic E-state index is 13.1. The molecule has 152 valence electrons. The van der Waals surface area contributed by atoms with E-state index in [-0.39, 0.29) is 30.2 Å². The number of rotatable bonds is 6. The molecule has 28 heavy (non-hydrogen) atoms. The molecule has 0 aliphatic carbocycles. The van der Waals surface area contributed by atoms with Crippen molar-refractivity contribution in [1.82, 2.24) is 4.90 Å². The van der Waals surface area contributed by atoms with Gasteiger partial charge in [-0.05, 0) is 37.1 Å². The SMILES string of the molecule is CCOc1c(Cl)cc(C(=O)N2C[C@@H](CN)[C@H](c3ccccc3)C2)cc1OC.Cl. The van der Waals surface area contributed by atoms with Crippen LogP contribution < -0.4 is 15.2 Å². The van der Waals surface area contributed by atoms with Crippen LogP contribution in [-0.4, -0.2) is 44.2 Å². The van der Waals surface area contributed by atoms with E-state index in [1.165, 1.54) is 12.7 Å². The van der Waals surface area contributed by atoms with Crippen molar-refractivity contribution < 1.29 is 14.3 Å². The molecule has 1 heterocycles. The first kappa shape index (κ1) is 22.3. The third-order valence-corrected chi connectivity index (χ3v) is 5.30. The zero-order chi connectivity index (χ0) is 19.4.